The number of ether oxygens (including phenoxy) is 1. The smallest absolute Gasteiger partial charge is 0.127 e. The molecule has 3 rings (SSSR count). The van der Waals surface area contributed by atoms with Crippen molar-refractivity contribution in [2.24, 2.45) is 0 Å². The summed E-state index contributed by atoms with van der Waals surface area (Å²) < 4.78 is 19.8. The Labute approximate surface area is 121 Å². The van der Waals surface area contributed by atoms with Crippen molar-refractivity contribution < 1.29 is 9.13 Å². The second kappa shape index (κ2) is 5.28. The molecule has 0 amide bonds. The van der Waals surface area contributed by atoms with E-state index in [1.54, 1.807) is 30.0 Å². The Morgan fingerprint density at radius 1 is 1.10 bits per heavy atom. The van der Waals surface area contributed by atoms with Gasteiger partial charge >= 0.3 is 0 Å². The third-order valence-electron chi connectivity index (χ3n) is 3.17. The van der Waals surface area contributed by atoms with Crippen molar-refractivity contribution in [3.05, 3.63) is 60.4 Å². The van der Waals surface area contributed by atoms with Crippen LogP contribution in [0.15, 0.2) is 54.6 Å². The number of hydrogen-bond donors (Lipinski definition) is 1. The fourth-order valence-corrected chi connectivity index (χ4v) is 2.11. The molecule has 5 heteroatoms. The van der Waals surface area contributed by atoms with Gasteiger partial charge < -0.3 is 10.5 Å². The van der Waals surface area contributed by atoms with Gasteiger partial charge in [-0.3, -0.25) is 0 Å². The molecule has 106 valence electrons. The minimum Gasteiger partial charge on any atom is -0.497 e. The highest BCUT2D eigenvalue weighted by Crippen LogP contribution is 2.24. The highest BCUT2D eigenvalue weighted by atomic mass is 19.1. The minimum absolute atomic E-state index is 0.279. The number of nitrogens with two attached hydrogens (primary N) is 1. The van der Waals surface area contributed by atoms with Crippen molar-refractivity contribution in [3.63, 3.8) is 0 Å². The Balaban J connectivity index is 2.03. The number of rotatable bonds is 3. The highest BCUT2D eigenvalue weighted by Gasteiger charge is 2.09. The van der Waals surface area contributed by atoms with Crippen molar-refractivity contribution in [2.45, 2.75) is 0 Å². The quantitative estimate of drug-likeness (QED) is 0.802. The molecular weight excluding hydrogens is 269 g/mol. The van der Waals surface area contributed by atoms with Crippen LogP contribution in [0.5, 0.6) is 5.75 Å². The molecule has 0 atom stereocenters. The average Bonchev–Trinajstić information content (AvgIpc) is 2.90. The molecule has 0 aliphatic rings. The van der Waals surface area contributed by atoms with Crippen LogP contribution in [0.2, 0.25) is 0 Å². The number of nitrogen functional groups attached to an aromatic ring is 1. The second-order valence-corrected chi connectivity index (χ2v) is 4.57. The molecule has 0 fully saturated rings. The normalized spacial score (nSPS) is 10.6. The van der Waals surface area contributed by atoms with Crippen LogP contribution >= 0.6 is 0 Å². The fourth-order valence-electron chi connectivity index (χ4n) is 2.11. The summed E-state index contributed by atoms with van der Waals surface area (Å²) in [6.45, 7) is 0. The second-order valence-electron chi connectivity index (χ2n) is 4.57. The Hall–Kier alpha value is -2.82. The van der Waals surface area contributed by atoms with E-state index < -0.39 is 0 Å². The minimum atomic E-state index is -0.279. The molecule has 3 aromatic rings. The molecule has 0 radical (unpaired) electrons. The van der Waals surface area contributed by atoms with Crippen LogP contribution in [-0.2, 0) is 0 Å². The monoisotopic (exact) mass is 283 g/mol. The first-order valence-corrected chi connectivity index (χ1v) is 6.43. The molecule has 0 bridgehead atoms. The van der Waals surface area contributed by atoms with E-state index in [4.69, 9.17) is 10.5 Å². The lowest BCUT2D eigenvalue weighted by Crippen LogP contribution is -2.01. The van der Waals surface area contributed by atoms with Gasteiger partial charge in [0.05, 0.1) is 18.5 Å². The first-order valence-electron chi connectivity index (χ1n) is 6.43. The number of anilines is 1. The predicted molar refractivity (Wildman–Crippen MR) is 79.9 cm³/mol. The molecule has 0 aliphatic heterocycles. The number of nitrogens with zero attached hydrogens (tertiary/aromatic N) is 2. The van der Waals surface area contributed by atoms with Gasteiger partial charge in [0.2, 0.25) is 0 Å². The van der Waals surface area contributed by atoms with Crippen LogP contribution in [0.4, 0.5) is 10.2 Å². The van der Waals surface area contributed by atoms with E-state index in [1.807, 2.05) is 24.3 Å². The van der Waals surface area contributed by atoms with Gasteiger partial charge in [-0.2, -0.15) is 5.10 Å². The topological polar surface area (TPSA) is 53.1 Å². The molecule has 21 heavy (non-hydrogen) atoms. The van der Waals surface area contributed by atoms with Crippen LogP contribution in [0.3, 0.4) is 0 Å². The summed E-state index contributed by atoms with van der Waals surface area (Å²) >= 11 is 0. The molecule has 1 heterocycles. The molecule has 0 saturated carbocycles. The molecule has 4 nitrogen and oxygen atoms in total. The van der Waals surface area contributed by atoms with Crippen LogP contribution in [0.1, 0.15) is 0 Å². The third-order valence-corrected chi connectivity index (χ3v) is 3.17. The van der Waals surface area contributed by atoms with Crippen molar-refractivity contribution in [1.82, 2.24) is 9.78 Å². The number of aromatic nitrogens is 2. The summed E-state index contributed by atoms with van der Waals surface area (Å²) in [6.07, 6.45) is 0. The average molecular weight is 283 g/mol. The van der Waals surface area contributed by atoms with E-state index in [-0.39, 0.29) is 5.82 Å². The molecule has 0 aliphatic carbocycles. The van der Waals surface area contributed by atoms with Gasteiger partial charge in [-0.1, -0.05) is 6.07 Å². The van der Waals surface area contributed by atoms with E-state index in [0.717, 1.165) is 17.0 Å². The van der Waals surface area contributed by atoms with Gasteiger partial charge in [0, 0.05) is 17.7 Å². The number of methoxy groups -OCH3 is 1. The number of hydrogen-bond acceptors (Lipinski definition) is 3. The van der Waals surface area contributed by atoms with Crippen molar-refractivity contribution >= 4 is 5.82 Å². The summed E-state index contributed by atoms with van der Waals surface area (Å²) in [5.41, 5.74) is 8.32. The van der Waals surface area contributed by atoms with Crippen LogP contribution in [0.25, 0.3) is 16.9 Å². The van der Waals surface area contributed by atoms with Crippen LogP contribution in [0, 0.1) is 5.82 Å². The van der Waals surface area contributed by atoms with Crippen molar-refractivity contribution in [1.29, 1.82) is 0 Å². The van der Waals surface area contributed by atoms with Crippen molar-refractivity contribution in [3.8, 4) is 22.7 Å². The molecular formula is C16H14FN3O. The standard InChI is InChI=1S/C16H14FN3O/c1-21-14-4-2-3-13(9-14)20-16(18)10-15(19-20)11-5-7-12(17)8-6-11/h2-10H,18H2,1H3. The zero-order valence-electron chi connectivity index (χ0n) is 11.5. The fraction of sp³-hybridized carbons (Fsp3) is 0.0625. The lowest BCUT2D eigenvalue weighted by Gasteiger charge is -2.06. The molecule has 0 spiro atoms. The zero-order valence-corrected chi connectivity index (χ0v) is 11.5. The Morgan fingerprint density at radius 2 is 1.86 bits per heavy atom. The summed E-state index contributed by atoms with van der Waals surface area (Å²) in [7, 11) is 1.61. The first kappa shape index (κ1) is 13.2. The van der Waals surface area contributed by atoms with E-state index >= 15 is 0 Å². The SMILES string of the molecule is COc1cccc(-n2nc(-c3ccc(F)cc3)cc2N)c1. The highest BCUT2D eigenvalue weighted by molar-refractivity contribution is 5.63. The van der Waals surface area contributed by atoms with Gasteiger partial charge in [-0.15, -0.1) is 0 Å². The van der Waals surface area contributed by atoms with E-state index in [0.29, 0.717) is 11.5 Å². The Morgan fingerprint density at radius 3 is 2.57 bits per heavy atom. The van der Waals surface area contributed by atoms with Gasteiger partial charge in [-0.25, -0.2) is 9.07 Å². The third kappa shape index (κ3) is 2.58. The van der Waals surface area contributed by atoms with Crippen LogP contribution in [-0.4, -0.2) is 16.9 Å². The molecule has 1 aromatic heterocycles. The van der Waals surface area contributed by atoms with E-state index in [9.17, 15) is 4.39 Å². The number of halogens is 1. The van der Waals surface area contributed by atoms with Gasteiger partial charge in [0.15, 0.2) is 0 Å². The summed E-state index contributed by atoms with van der Waals surface area (Å²) in [5, 5.41) is 4.47. The maximum absolute atomic E-state index is 13.0. The summed E-state index contributed by atoms with van der Waals surface area (Å²) in [4.78, 5) is 0. The Bertz CT molecular complexity index is 765. The maximum atomic E-state index is 13.0. The number of benzene rings is 2. The lowest BCUT2D eigenvalue weighted by molar-refractivity contribution is 0.414. The lowest BCUT2D eigenvalue weighted by atomic mass is 10.1. The van der Waals surface area contributed by atoms with Crippen LogP contribution < -0.4 is 10.5 Å². The van der Waals surface area contributed by atoms with E-state index in [1.165, 1.54) is 12.1 Å². The van der Waals surface area contributed by atoms with Crippen molar-refractivity contribution in [2.75, 3.05) is 12.8 Å². The molecule has 0 unspecified atom stereocenters. The summed E-state index contributed by atoms with van der Waals surface area (Å²) in [5.74, 6) is 0.951. The molecule has 2 aromatic carbocycles. The molecule has 2 N–H and O–H groups in total. The molecule has 0 saturated heterocycles. The summed E-state index contributed by atoms with van der Waals surface area (Å²) in [6, 6.07) is 15.4. The predicted octanol–water partition coefficient (Wildman–Crippen LogP) is 3.27. The van der Waals surface area contributed by atoms with Gasteiger partial charge in [0.1, 0.15) is 17.4 Å². The first-order chi connectivity index (χ1) is 10.2. The van der Waals surface area contributed by atoms with E-state index in [2.05, 4.69) is 5.10 Å². The maximum Gasteiger partial charge on any atom is 0.127 e. The Kier molecular flexibility index (Phi) is 3.31. The largest absolute Gasteiger partial charge is 0.497 e. The van der Waals surface area contributed by atoms with Gasteiger partial charge in [0.25, 0.3) is 0 Å². The zero-order chi connectivity index (χ0) is 14.8. The van der Waals surface area contributed by atoms with Gasteiger partial charge in [-0.05, 0) is 36.4 Å².